The molecule has 0 bridgehead atoms. The normalized spacial score (nSPS) is 20.0. The van der Waals surface area contributed by atoms with Crippen molar-refractivity contribution >= 4 is 40.6 Å². The average molecular weight is 516 g/mol. The van der Waals surface area contributed by atoms with Gasteiger partial charge in [-0.2, -0.15) is 9.97 Å². The Hall–Kier alpha value is -3.39. The van der Waals surface area contributed by atoms with Gasteiger partial charge in [0.05, 0.1) is 0 Å². The molecular weight excluding hydrogens is 478 g/mol. The Morgan fingerprint density at radius 3 is 2.03 bits per heavy atom. The molecule has 2 aliphatic heterocycles. The molecule has 0 saturated carbocycles. The fraction of sp³-hybridized carbons (Fsp3) is 0.414. The second-order valence-electron chi connectivity index (χ2n) is 10.4. The minimum Gasteiger partial charge on any atom is -0.368 e. The van der Waals surface area contributed by atoms with Crippen molar-refractivity contribution in [2.45, 2.75) is 26.8 Å². The van der Waals surface area contributed by atoms with Crippen LogP contribution in [0.25, 0.3) is 0 Å². The van der Waals surface area contributed by atoms with Gasteiger partial charge in [0.25, 0.3) is 0 Å². The van der Waals surface area contributed by atoms with Crippen molar-refractivity contribution in [2.75, 3.05) is 59.3 Å². The second-order valence-corrected chi connectivity index (χ2v) is 10.8. The Morgan fingerprint density at radius 1 is 0.811 bits per heavy atom. The van der Waals surface area contributed by atoms with E-state index in [2.05, 4.69) is 87.7 Å². The second kappa shape index (κ2) is 11.8. The molecule has 194 valence electrons. The molecule has 2 aliphatic rings. The summed E-state index contributed by atoms with van der Waals surface area (Å²) < 4.78 is 0. The van der Waals surface area contributed by atoms with Crippen molar-refractivity contribution in [1.29, 1.82) is 0 Å². The van der Waals surface area contributed by atoms with Gasteiger partial charge >= 0.3 is 0 Å². The maximum Gasteiger partial charge on any atom is 0.232 e. The van der Waals surface area contributed by atoms with E-state index in [0.29, 0.717) is 29.4 Å². The quantitative estimate of drug-likeness (QED) is 0.455. The lowest BCUT2D eigenvalue weighted by molar-refractivity contribution is 0.355. The molecule has 2 saturated heterocycles. The number of thiocarbonyl (C=S) groups is 1. The Morgan fingerprint density at radius 2 is 1.38 bits per heavy atom. The summed E-state index contributed by atoms with van der Waals surface area (Å²) in [6.45, 7) is 11.1. The standard InChI is InChI=1S/C29H37N7S/c1-22-17-23(2)21-36(20-22)27-18-26(35-15-13-34(14-16-35)25-11-7-4-8-12-25)31-28(32-27)33-29(37)30-19-24-9-5-3-6-10-24/h3-12,18,22-23H,13-17,19-21H2,1-2H3,(H2,30,31,32,33,37). The molecule has 2 atom stereocenters. The molecule has 37 heavy (non-hydrogen) atoms. The third kappa shape index (κ3) is 6.68. The summed E-state index contributed by atoms with van der Waals surface area (Å²) in [7, 11) is 0. The molecule has 3 aromatic rings. The summed E-state index contributed by atoms with van der Waals surface area (Å²) in [5, 5.41) is 7.08. The summed E-state index contributed by atoms with van der Waals surface area (Å²) in [6, 6.07) is 23.0. The number of piperazine rings is 1. The fourth-order valence-electron chi connectivity index (χ4n) is 5.41. The number of benzene rings is 2. The van der Waals surface area contributed by atoms with Gasteiger partial charge in [-0.3, -0.25) is 0 Å². The number of hydrogen-bond acceptors (Lipinski definition) is 6. The highest BCUT2D eigenvalue weighted by Crippen LogP contribution is 2.29. The molecule has 2 unspecified atom stereocenters. The number of aromatic nitrogens is 2. The zero-order valence-corrected chi connectivity index (χ0v) is 22.6. The van der Waals surface area contributed by atoms with Gasteiger partial charge in [0, 0.05) is 57.6 Å². The molecule has 1 aromatic heterocycles. The molecule has 8 heteroatoms. The lowest BCUT2D eigenvalue weighted by Gasteiger charge is -2.38. The van der Waals surface area contributed by atoms with Crippen LogP contribution in [0.1, 0.15) is 25.8 Å². The van der Waals surface area contributed by atoms with Crippen LogP contribution in [0.3, 0.4) is 0 Å². The maximum absolute atomic E-state index is 5.61. The van der Waals surface area contributed by atoms with Gasteiger partial charge in [-0.25, -0.2) is 0 Å². The topological polar surface area (TPSA) is 59.6 Å². The van der Waals surface area contributed by atoms with E-state index in [1.807, 2.05) is 18.2 Å². The van der Waals surface area contributed by atoms with Gasteiger partial charge < -0.3 is 25.3 Å². The summed E-state index contributed by atoms with van der Waals surface area (Å²) in [4.78, 5) is 17.1. The number of piperidine rings is 1. The molecule has 7 nitrogen and oxygen atoms in total. The first-order valence-corrected chi connectivity index (χ1v) is 13.7. The van der Waals surface area contributed by atoms with E-state index < -0.39 is 0 Å². The summed E-state index contributed by atoms with van der Waals surface area (Å²) in [6.07, 6.45) is 1.26. The summed E-state index contributed by atoms with van der Waals surface area (Å²) in [5.41, 5.74) is 2.45. The van der Waals surface area contributed by atoms with Gasteiger partial charge in [0.1, 0.15) is 11.6 Å². The molecule has 2 fully saturated rings. The number of anilines is 4. The van der Waals surface area contributed by atoms with Crippen molar-refractivity contribution in [3.63, 3.8) is 0 Å². The molecule has 0 aliphatic carbocycles. The van der Waals surface area contributed by atoms with Crippen molar-refractivity contribution in [1.82, 2.24) is 15.3 Å². The van der Waals surface area contributed by atoms with E-state index >= 15 is 0 Å². The van der Waals surface area contributed by atoms with Crippen LogP contribution in [-0.4, -0.2) is 54.3 Å². The van der Waals surface area contributed by atoms with Gasteiger partial charge in [-0.1, -0.05) is 62.4 Å². The van der Waals surface area contributed by atoms with E-state index in [9.17, 15) is 0 Å². The first-order valence-electron chi connectivity index (χ1n) is 13.3. The van der Waals surface area contributed by atoms with E-state index in [4.69, 9.17) is 22.2 Å². The lowest BCUT2D eigenvalue weighted by atomic mass is 9.92. The van der Waals surface area contributed by atoms with E-state index in [1.165, 1.54) is 17.7 Å². The number of para-hydroxylation sites is 1. The highest BCUT2D eigenvalue weighted by molar-refractivity contribution is 7.80. The average Bonchev–Trinajstić information content (AvgIpc) is 2.92. The Labute approximate surface area is 225 Å². The lowest BCUT2D eigenvalue weighted by Crippen LogP contribution is -2.47. The third-order valence-electron chi connectivity index (χ3n) is 7.14. The van der Waals surface area contributed by atoms with Crippen LogP contribution in [0.4, 0.5) is 23.3 Å². The van der Waals surface area contributed by atoms with E-state index in [1.54, 1.807) is 0 Å². The SMILES string of the molecule is CC1CC(C)CN(c2cc(N3CCN(c4ccccc4)CC3)nc(NC(=S)NCc3ccccc3)n2)C1. The highest BCUT2D eigenvalue weighted by Gasteiger charge is 2.25. The van der Waals surface area contributed by atoms with Crippen LogP contribution in [0.15, 0.2) is 66.7 Å². The van der Waals surface area contributed by atoms with Crippen LogP contribution in [0.2, 0.25) is 0 Å². The van der Waals surface area contributed by atoms with Crippen LogP contribution in [-0.2, 0) is 6.54 Å². The molecule has 0 radical (unpaired) electrons. The number of nitrogens with zero attached hydrogens (tertiary/aromatic N) is 5. The number of nitrogens with one attached hydrogen (secondary N) is 2. The largest absolute Gasteiger partial charge is 0.368 e. The van der Waals surface area contributed by atoms with Crippen molar-refractivity contribution < 1.29 is 0 Å². The molecule has 5 rings (SSSR count). The fourth-order valence-corrected chi connectivity index (χ4v) is 5.57. The highest BCUT2D eigenvalue weighted by atomic mass is 32.1. The van der Waals surface area contributed by atoms with Gasteiger partial charge in [0.2, 0.25) is 5.95 Å². The van der Waals surface area contributed by atoms with Crippen molar-refractivity contribution in [2.24, 2.45) is 11.8 Å². The Kier molecular flexibility index (Phi) is 8.04. The van der Waals surface area contributed by atoms with E-state index in [-0.39, 0.29) is 0 Å². The Balaban J connectivity index is 1.32. The first-order chi connectivity index (χ1) is 18.0. The van der Waals surface area contributed by atoms with Crippen LogP contribution < -0.4 is 25.3 Å². The van der Waals surface area contributed by atoms with Crippen LogP contribution in [0, 0.1) is 11.8 Å². The maximum atomic E-state index is 5.61. The Bertz CT molecular complexity index is 1160. The van der Waals surface area contributed by atoms with Crippen LogP contribution in [0.5, 0.6) is 0 Å². The summed E-state index contributed by atoms with van der Waals surface area (Å²) >= 11 is 5.61. The molecular formula is C29H37N7S. The van der Waals surface area contributed by atoms with Crippen molar-refractivity contribution in [3.8, 4) is 0 Å². The minimum absolute atomic E-state index is 0.529. The molecule has 0 amide bonds. The van der Waals surface area contributed by atoms with Gasteiger partial charge in [-0.05, 0) is 48.2 Å². The zero-order valence-electron chi connectivity index (χ0n) is 21.8. The first kappa shape index (κ1) is 25.3. The smallest absolute Gasteiger partial charge is 0.232 e. The van der Waals surface area contributed by atoms with E-state index in [0.717, 1.165) is 50.9 Å². The zero-order chi connectivity index (χ0) is 25.6. The molecule has 2 aromatic carbocycles. The molecule has 0 spiro atoms. The van der Waals surface area contributed by atoms with Crippen LogP contribution >= 0.6 is 12.2 Å². The molecule has 3 heterocycles. The minimum atomic E-state index is 0.529. The van der Waals surface area contributed by atoms with Gasteiger partial charge in [-0.15, -0.1) is 0 Å². The molecule has 2 N–H and O–H groups in total. The number of rotatable bonds is 6. The number of hydrogen-bond donors (Lipinski definition) is 2. The third-order valence-corrected chi connectivity index (χ3v) is 7.38. The van der Waals surface area contributed by atoms with Crippen molar-refractivity contribution in [3.05, 3.63) is 72.3 Å². The van der Waals surface area contributed by atoms with Gasteiger partial charge in [0.15, 0.2) is 5.11 Å². The monoisotopic (exact) mass is 515 g/mol. The predicted octanol–water partition coefficient (Wildman–Crippen LogP) is 4.77. The summed E-state index contributed by atoms with van der Waals surface area (Å²) in [5.74, 6) is 3.76. The predicted molar refractivity (Wildman–Crippen MR) is 158 cm³/mol.